The Hall–Kier alpha value is -2.83. The van der Waals surface area contributed by atoms with E-state index in [0.29, 0.717) is 34.1 Å². The van der Waals surface area contributed by atoms with Crippen molar-refractivity contribution in [1.82, 2.24) is 15.4 Å². The van der Waals surface area contributed by atoms with Crippen LogP contribution in [-0.2, 0) is 6.42 Å². The van der Waals surface area contributed by atoms with Crippen LogP contribution in [0.25, 0.3) is 11.3 Å². The number of halogens is 1. The van der Waals surface area contributed by atoms with Crippen molar-refractivity contribution in [3.05, 3.63) is 69.9 Å². The Bertz CT molecular complexity index is 1110. The zero-order valence-electron chi connectivity index (χ0n) is 18.3. The van der Waals surface area contributed by atoms with Gasteiger partial charge in [0, 0.05) is 31.4 Å². The summed E-state index contributed by atoms with van der Waals surface area (Å²) in [4.78, 5) is 17.5. The summed E-state index contributed by atoms with van der Waals surface area (Å²) in [6, 6.07) is 13.9. The van der Waals surface area contributed by atoms with Gasteiger partial charge in [0.1, 0.15) is 17.0 Å². The summed E-state index contributed by atoms with van der Waals surface area (Å²) >= 11 is 6.33. The van der Waals surface area contributed by atoms with E-state index < -0.39 is 0 Å². The topological polar surface area (TPSA) is 61.6 Å². The van der Waals surface area contributed by atoms with E-state index in [0.717, 1.165) is 13.0 Å². The van der Waals surface area contributed by atoms with Crippen LogP contribution in [-0.4, -0.2) is 50.2 Å². The molecule has 7 heteroatoms. The molecule has 6 nitrogen and oxygen atoms in total. The van der Waals surface area contributed by atoms with Crippen molar-refractivity contribution < 1.29 is 9.32 Å². The summed E-state index contributed by atoms with van der Waals surface area (Å²) in [6.07, 6.45) is 1.05. The van der Waals surface area contributed by atoms with Crippen LogP contribution in [0.5, 0.6) is 0 Å². The number of likely N-dealkylation sites (N-methyl/N-ethyl adjacent to an activating group) is 2. The molecule has 0 aliphatic carbocycles. The van der Waals surface area contributed by atoms with Crippen LogP contribution in [0.1, 0.15) is 33.3 Å². The second-order valence-electron chi connectivity index (χ2n) is 8.19. The van der Waals surface area contributed by atoms with E-state index in [1.54, 1.807) is 13.0 Å². The second kappa shape index (κ2) is 8.73. The fourth-order valence-corrected chi connectivity index (χ4v) is 4.37. The Morgan fingerprint density at radius 1 is 1.29 bits per heavy atom. The summed E-state index contributed by atoms with van der Waals surface area (Å²) in [5.41, 5.74) is 5.39. The molecule has 3 aromatic rings. The van der Waals surface area contributed by atoms with Crippen LogP contribution in [0.15, 0.2) is 47.0 Å². The Kier molecular flexibility index (Phi) is 6.03. The maximum Gasteiger partial charge on any atom is 0.257 e. The molecule has 0 spiro atoms. The lowest BCUT2D eigenvalue weighted by molar-refractivity contribution is 0.0941. The van der Waals surface area contributed by atoms with E-state index in [2.05, 4.69) is 45.5 Å². The number of rotatable bonds is 6. The molecule has 1 amide bonds. The van der Waals surface area contributed by atoms with Gasteiger partial charge in [0.15, 0.2) is 0 Å². The minimum absolute atomic E-state index is 0.0454. The minimum atomic E-state index is -0.221. The number of aromatic nitrogens is 1. The number of benzene rings is 2. The fraction of sp³-hybridized carbons (Fsp3) is 0.333. The molecule has 0 radical (unpaired) electrons. The van der Waals surface area contributed by atoms with Crippen molar-refractivity contribution in [3.8, 4) is 11.3 Å². The van der Waals surface area contributed by atoms with Crippen LogP contribution < -0.4 is 10.2 Å². The number of nitrogens with one attached hydrogen (secondary N) is 1. The van der Waals surface area contributed by atoms with Gasteiger partial charge in [-0.15, -0.1) is 0 Å². The fourth-order valence-electron chi connectivity index (χ4n) is 4.15. The molecule has 0 bridgehead atoms. The molecule has 4 rings (SSSR count). The molecule has 0 saturated heterocycles. The van der Waals surface area contributed by atoms with Crippen molar-refractivity contribution in [2.75, 3.05) is 39.1 Å². The zero-order valence-corrected chi connectivity index (χ0v) is 19.0. The average Bonchev–Trinajstić information content (AvgIpc) is 3.30. The lowest BCUT2D eigenvalue weighted by Crippen LogP contribution is -2.35. The summed E-state index contributed by atoms with van der Waals surface area (Å²) in [7, 11) is 6.17. The highest BCUT2D eigenvalue weighted by Crippen LogP contribution is 2.32. The lowest BCUT2D eigenvalue weighted by Gasteiger charge is -2.26. The number of carbonyl (C=O) groups excluding carboxylic acids is 1. The highest BCUT2D eigenvalue weighted by Gasteiger charge is 2.25. The molecule has 31 heavy (non-hydrogen) atoms. The van der Waals surface area contributed by atoms with Gasteiger partial charge in [-0.25, -0.2) is 0 Å². The largest absolute Gasteiger partial charge is 0.374 e. The third kappa shape index (κ3) is 4.18. The van der Waals surface area contributed by atoms with Crippen LogP contribution >= 0.6 is 11.6 Å². The number of anilines is 1. The highest BCUT2D eigenvalue weighted by molar-refractivity contribution is 6.33. The number of carbonyl (C=O) groups is 1. The SMILES string of the molecule is Cc1onc(-c2ccccc2Cl)c1C(=O)NCC(c1ccc2c(c1)CCN2C)N(C)C. The quantitative estimate of drug-likeness (QED) is 0.620. The number of aryl methyl sites for hydroxylation is 1. The minimum Gasteiger partial charge on any atom is -0.374 e. The van der Waals surface area contributed by atoms with Crippen molar-refractivity contribution in [1.29, 1.82) is 0 Å². The molecule has 1 unspecified atom stereocenters. The summed E-state index contributed by atoms with van der Waals surface area (Å²) < 4.78 is 5.34. The zero-order chi connectivity index (χ0) is 22.1. The first-order valence-corrected chi connectivity index (χ1v) is 10.7. The van der Waals surface area contributed by atoms with Gasteiger partial charge in [0.25, 0.3) is 5.91 Å². The predicted octanol–water partition coefficient (Wildman–Crippen LogP) is 4.33. The van der Waals surface area contributed by atoms with E-state index >= 15 is 0 Å². The first kappa shape index (κ1) is 21.4. The smallest absolute Gasteiger partial charge is 0.257 e. The standard InChI is InChI=1S/C24H27ClN4O2/c1-15-22(23(27-31-15)18-7-5-6-8-19(18)25)24(30)26-14-21(28(2)3)16-9-10-20-17(13-16)11-12-29(20)4/h5-10,13,21H,11-12,14H2,1-4H3,(H,26,30). The van der Waals surface area contributed by atoms with E-state index in [-0.39, 0.29) is 11.9 Å². The molecule has 0 fully saturated rings. The maximum absolute atomic E-state index is 13.1. The van der Waals surface area contributed by atoms with E-state index in [9.17, 15) is 4.79 Å². The Morgan fingerprint density at radius 2 is 2.06 bits per heavy atom. The molecular weight excluding hydrogens is 412 g/mol. The van der Waals surface area contributed by atoms with Crippen molar-refractivity contribution in [3.63, 3.8) is 0 Å². The molecule has 1 aliphatic rings. The number of fused-ring (bicyclic) bond motifs is 1. The number of hydrogen-bond acceptors (Lipinski definition) is 5. The van der Waals surface area contributed by atoms with Crippen LogP contribution in [0.3, 0.4) is 0 Å². The number of amides is 1. The van der Waals surface area contributed by atoms with Gasteiger partial charge >= 0.3 is 0 Å². The van der Waals surface area contributed by atoms with Gasteiger partial charge in [0.2, 0.25) is 0 Å². The number of hydrogen-bond donors (Lipinski definition) is 1. The van der Waals surface area contributed by atoms with Gasteiger partial charge in [-0.2, -0.15) is 0 Å². The van der Waals surface area contributed by atoms with Crippen LogP contribution in [0, 0.1) is 6.92 Å². The molecule has 1 aromatic heterocycles. The summed E-state index contributed by atoms with van der Waals surface area (Å²) in [5.74, 6) is 0.246. The average molecular weight is 439 g/mol. The van der Waals surface area contributed by atoms with E-state index in [1.807, 2.05) is 32.3 Å². The molecule has 1 atom stereocenters. The van der Waals surface area contributed by atoms with Gasteiger partial charge in [-0.3, -0.25) is 4.79 Å². The maximum atomic E-state index is 13.1. The number of nitrogens with zero attached hydrogens (tertiary/aromatic N) is 3. The first-order valence-electron chi connectivity index (χ1n) is 10.4. The summed E-state index contributed by atoms with van der Waals surface area (Å²) in [5, 5.41) is 7.70. The van der Waals surface area contributed by atoms with E-state index in [1.165, 1.54) is 16.8 Å². The van der Waals surface area contributed by atoms with Gasteiger partial charge in [-0.1, -0.05) is 47.1 Å². The Morgan fingerprint density at radius 3 is 2.81 bits per heavy atom. The lowest BCUT2D eigenvalue weighted by atomic mass is 10.0. The molecule has 162 valence electrons. The second-order valence-corrected chi connectivity index (χ2v) is 8.60. The summed E-state index contributed by atoms with van der Waals surface area (Å²) in [6.45, 7) is 3.25. The van der Waals surface area contributed by atoms with Crippen molar-refractivity contribution >= 4 is 23.2 Å². The van der Waals surface area contributed by atoms with Crippen molar-refractivity contribution in [2.45, 2.75) is 19.4 Å². The van der Waals surface area contributed by atoms with Gasteiger partial charge in [0.05, 0.1) is 11.1 Å². The first-order chi connectivity index (χ1) is 14.9. The van der Waals surface area contributed by atoms with E-state index in [4.69, 9.17) is 16.1 Å². The van der Waals surface area contributed by atoms with Crippen LogP contribution in [0.4, 0.5) is 5.69 Å². The molecular formula is C24H27ClN4O2. The van der Waals surface area contributed by atoms with Gasteiger partial charge in [-0.05, 0) is 50.7 Å². The molecule has 1 N–H and O–H groups in total. The molecule has 2 aromatic carbocycles. The Labute approximate surface area is 187 Å². The van der Waals surface area contributed by atoms with Crippen LogP contribution in [0.2, 0.25) is 5.02 Å². The molecule has 1 aliphatic heterocycles. The molecule has 0 saturated carbocycles. The van der Waals surface area contributed by atoms with Crippen molar-refractivity contribution in [2.24, 2.45) is 0 Å². The normalized spacial score (nSPS) is 14.1. The third-order valence-electron chi connectivity index (χ3n) is 5.91. The van der Waals surface area contributed by atoms with Gasteiger partial charge < -0.3 is 19.6 Å². The monoisotopic (exact) mass is 438 g/mol. The predicted molar refractivity (Wildman–Crippen MR) is 124 cm³/mol. The Balaban J connectivity index is 1.55. The third-order valence-corrected chi connectivity index (χ3v) is 6.24. The molecule has 2 heterocycles. The highest BCUT2D eigenvalue weighted by atomic mass is 35.5.